The Balaban J connectivity index is 1.62. The van der Waals surface area contributed by atoms with Crippen molar-refractivity contribution in [1.82, 2.24) is 4.90 Å². The van der Waals surface area contributed by atoms with Crippen LogP contribution in [0.25, 0.3) is 0 Å². The predicted molar refractivity (Wildman–Crippen MR) is 107 cm³/mol. The van der Waals surface area contributed by atoms with Gasteiger partial charge in [-0.3, -0.25) is 14.6 Å². The maximum absolute atomic E-state index is 13.6. The minimum Gasteiger partial charge on any atom is -0.373 e. The summed E-state index contributed by atoms with van der Waals surface area (Å²) in [4.78, 5) is 17.6. The highest BCUT2D eigenvalue weighted by atomic mass is 32.2. The van der Waals surface area contributed by atoms with E-state index in [0.29, 0.717) is 6.61 Å². The van der Waals surface area contributed by atoms with Crippen molar-refractivity contribution in [2.24, 2.45) is 17.0 Å². The number of hydrogen-bond acceptors (Lipinski definition) is 6. The standard InChI is InChI=1S/C21H23N3O5S/c22-30(26,27)29-21-19-13-9-17-20(21)6-7-23(17)11-12(13)5-8-28-16(19)10-18(25)24(21)15-4-2-1-3-14(15)20/h1-5,13,16-17,19H,6-11H2,(H2,22,26,27)/t13-,16?,17-,19+,20+,21?/m0/s1. The lowest BCUT2D eigenvalue weighted by Gasteiger charge is -2.64. The number of nitrogens with two attached hydrogens (primary N) is 1. The summed E-state index contributed by atoms with van der Waals surface area (Å²) >= 11 is 0. The zero-order valence-corrected chi connectivity index (χ0v) is 17.2. The molecule has 6 aliphatic rings. The van der Waals surface area contributed by atoms with Gasteiger partial charge in [-0.2, -0.15) is 8.42 Å². The fraction of sp³-hybridized carbons (Fsp3) is 0.571. The van der Waals surface area contributed by atoms with Gasteiger partial charge in [0.25, 0.3) is 0 Å². The predicted octanol–water partition coefficient (Wildman–Crippen LogP) is 0.640. The molecule has 1 aliphatic carbocycles. The summed E-state index contributed by atoms with van der Waals surface area (Å²) in [7, 11) is -4.35. The number of amides is 1. The molecule has 1 saturated carbocycles. The number of hydrogen-bond donors (Lipinski definition) is 1. The van der Waals surface area contributed by atoms with Gasteiger partial charge in [0, 0.05) is 18.5 Å². The molecular weight excluding hydrogens is 406 g/mol. The van der Waals surface area contributed by atoms with Gasteiger partial charge < -0.3 is 4.74 Å². The molecular formula is C21H23N3O5S. The number of ether oxygens (including phenoxy) is 1. The van der Waals surface area contributed by atoms with Gasteiger partial charge in [0.2, 0.25) is 5.91 Å². The fourth-order valence-electron chi connectivity index (χ4n) is 7.91. The summed E-state index contributed by atoms with van der Waals surface area (Å²) in [5, 5.41) is 5.56. The number of carbonyl (C=O) groups excluding carboxylic acids is 1. The highest BCUT2D eigenvalue weighted by molar-refractivity contribution is 7.84. The molecule has 0 radical (unpaired) electrons. The van der Waals surface area contributed by atoms with Crippen molar-refractivity contribution in [3.63, 3.8) is 0 Å². The van der Waals surface area contributed by atoms with Crippen LogP contribution in [0.1, 0.15) is 24.8 Å². The summed E-state index contributed by atoms with van der Waals surface area (Å²) in [6, 6.07) is 7.90. The van der Waals surface area contributed by atoms with Gasteiger partial charge in [-0.05, 0) is 36.9 Å². The van der Waals surface area contributed by atoms with E-state index in [1.54, 1.807) is 4.90 Å². The van der Waals surface area contributed by atoms with Gasteiger partial charge >= 0.3 is 10.3 Å². The third-order valence-electron chi connectivity index (χ3n) is 8.55. The molecule has 158 valence electrons. The van der Waals surface area contributed by atoms with Crippen LogP contribution in [0.5, 0.6) is 0 Å². The second-order valence-electron chi connectivity index (χ2n) is 9.45. The van der Waals surface area contributed by atoms with Crippen LogP contribution < -0.4 is 10.0 Å². The number of rotatable bonds is 2. The molecule has 30 heavy (non-hydrogen) atoms. The van der Waals surface area contributed by atoms with Crippen LogP contribution in [0.15, 0.2) is 35.9 Å². The maximum atomic E-state index is 13.6. The summed E-state index contributed by atoms with van der Waals surface area (Å²) in [6.07, 6.45) is 3.59. The summed E-state index contributed by atoms with van der Waals surface area (Å²) in [5.41, 5.74) is 0.997. The van der Waals surface area contributed by atoms with E-state index in [1.165, 1.54) is 5.57 Å². The Kier molecular flexibility index (Phi) is 3.18. The molecule has 5 aliphatic heterocycles. The van der Waals surface area contributed by atoms with Crippen molar-refractivity contribution in [2.45, 2.75) is 42.5 Å². The molecule has 1 amide bonds. The molecule has 8 nitrogen and oxygen atoms in total. The van der Waals surface area contributed by atoms with Crippen molar-refractivity contribution >= 4 is 21.9 Å². The number of carbonyl (C=O) groups is 1. The fourth-order valence-corrected chi connectivity index (χ4v) is 8.59. The molecule has 9 heteroatoms. The topological polar surface area (TPSA) is 102 Å². The lowest BCUT2D eigenvalue weighted by atomic mass is 9.51. The first kappa shape index (κ1) is 17.9. The summed E-state index contributed by atoms with van der Waals surface area (Å²) in [6.45, 7) is 2.13. The Morgan fingerprint density at radius 3 is 2.93 bits per heavy atom. The van der Waals surface area contributed by atoms with Gasteiger partial charge in [0.05, 0.1) is 30.2 Å². The van der Waals surface area contributed by atoms with E-state index >= 15 is 0 Å². The largest absolute Gasteiger partial charge is 0.373 e. The molecule has 1 aromatic carbocycles. The smallest absolute Gasteiger partial charge is 0.335 e. The minimum atomic E-state index is -4.35. The second-order valence-corrected chi connectivity index (χ2v) is 10.6. The first-order valence-electron chi connectivity index (χ1n) is 10.6. The first-order valence-corrected chi connectivity index (χ1v) is 12.0. The molecule has 1 spiro atoms. The number of para-hydroxylation sites is 1. The highest BCUT2D eigenvalue weighted by Crippen LogP contribution is 2.71. The van der Waals surface area contributed by atoms with Crippen molar-refractivity contribution in [2.75, 3.05) is 24.6 Å². The molecule has 6 atom stereocenters. The monoisotopic (exact) mass is 429 g/mol. The number of benzene rings is 1. The number of anilines is 1. The Morgan fingerprint density at radius 1 is 1.27 bits per heavy atom. The maximum Gasteiger partial charge on any atom is 0.335 e. The molecule has 2 bridgehead atoms. The number of piperidine rings is 2. The molecule has 4 fully saturated rings. The van der Waals surface area contributed by atoms with E-state index in [9.17, 15) is 13.2 Å². The van der Waals surface area contributed by atoms with Crippen LogP contribution in [0.4, 0.5) is 5.69 Å². The summed E-state index contributed by atoms with van der Waals surface area (Å²) in [5.74, 6) is -0.339. The normalized spacial score (nSPS) is 43.3. The SMILES string of the molecule is NS(=O)(=O)OC12[C@H]3C4CC(=O)N1c1ccccc1[C@@]21CCN2CC(=CCO4)[C@@H]3C[C@H]21. The minimum absolute atomic E-state index is 0.0912. The van der Waals surface area contributed by atoms with Gasteiger partial charge in [-0.15, -0.1) is 0 Å². The van der Waals surface area contributed by atoms with Crippen molar-refractivity contribution in [3.05, 3.63) is 41.5 Å². The number of nitrogens with zero attached hydrogens (tertiary/aromatic N) is 2. The lowest BCUT2D eigenvalue weighted by Crippen LogP contribution is -2.78. The van der Waals surface area contributed by atoms with E-state index in [-0.39, 0.29) is 30.2 Å². The Morgan fingerprint density at radius 2 is 2.10 bits per heavy atom. The van der Waals surface area contributed by atoms with Crippen LogP contribution in [0, 0.1) is 11.8 Å². The van der Waals surface area contributed by atoms with Gasteiger partial charge in [-0.1, -0.05) is 29.8 Å². The van der Waals surface area contributed by atoms with Gasteiger partial charge in [0.1, 0.15) is 0 Å². The number of fused-ring (bicyclic) bond motifs is 2. The molecule has 2 unspecified atom stereocenters. The zero-order valence-electron chi connectivity index (χ0n) is 16.4. The van der Waals surface area contributed by atoms with E-state index in [0.717, 1.165) is 37.2 Å². The van der Waals surface area contributed by atoms with Crippen LogP contribution >= 0.6 is 0 Å². The highest BCUT2D eigenvalue weighted by Gasteiger charge is 2.80. The lowest BCUT2D eigenvalue weighted by molar-refractivity contribution is -0.183. The Labute approximate surface area is 174 Å². The quantitative estimate of drug-likeness (QED) is 0.693. The third-order valence-corrected chi connectivity index (χ3v) is 9.04. The average molecular weight is 429 g/mol. The van der Waals surface area contributed by atoms with Crippen molar-refractivity contribution in [1.29, 1.82) is 0 Å². The van der Waals surface area contributed by atoms with E-state index in [2.05, 4.69) is 11.0 Å². The summed E-state index contributed by atoms with van der Waals surface area (Å²) < 4.78 is 37.3. The Bertz CT molecular complexity index is 1140. The molecule has 0 aromatic heterocycles. The van der Waals surface area contributed by atoms with E-state index < -0.39 is 27.5 Å². The Hall–Kier alpha value is -1.78. The van der Waals surface area contributed by atoms with Gasteiger partial charge in [0.15, 0.2) is 5.72 Å². The second kappa shape index (κ2) is 5.34. The van der Waals surface area contributed by atoms with Crippen molar-refractivity contribution in [3.8, 4) is 0 Å². The molecule has 2 N–H and O–H groups in total. The average Bonchev–Trinajstić information content (AvgIpc) is 3.11. The van der Waals surface area contributed by atoms with Crippen LogP contribution in [0.2, 0.25) is 0 Å². The molecule has 7 rings (SSSR count). The first-order chi connectivity index (χ1) is 14.4. The molecule has 3 saturated heterocycles. The van der Waals surface area contributed by atoms with E-state index in [4.69, 9.17) is 14.1 Å². The zero-order chi connectivity index (χ0) is 20.5. The van der Waals surface area contributed by atoms with Crippen LogP contribution in [-0.4, -0.2) is 56.8 Å². The molecule has 5 heterocycles. The molecule has 1 aromatic rings. The van der Waals surface area contributed by atoms with E-state index in [1.807, 2.05) is 24.3 Å². The van der Waals surface area contributed by atoms with Gasteiger partial charge in [-0.25, -0.2) is 9.32 Å². The van der Waals surface area contributed by atoms with Crippen LogP contribution in [-0.2, 0) is 29.4 Å². The third kappa shape index (κ3) is 1.80. The van der Waals surface area contributed by atoms with Crippen LogP contribution in [0.3, 0.4) is 0 Å². The van der Waals surface area contributed by atoms with Crippen molar-refractivity contribution < 1.29 is 22.1 Å².